The molecule has 0 fully saturated rings. The summed E-state index contributed by atoms with van der Waals surface area (Å²) in [5.41, 5.74) is 2.30. The maximum atomic E-state index is 10.8. The number of carbonyl (C=O) groups is 1. The largest absolute Gasteiger partial charge is 0.477 e. The number of carboxylic acid groups (broad SMARTS) is 1. The van der Waals surface area contributed by atoms with Crippen molar-refractivity contribution in [3.63, 3.8) is 0 Å². The first-order chi connectivity index (χ1) is 9.19. The van der Waals surface area contributed by atoms with Gasteiger partial charge < -0.3 is 14.3 Å². The SMILES string of the molecule is COc1nc2c(-c3cc(C(=O)O)[nH]n3)cccc2o1. The molecule has 7 heteroatoms. The number of hydrogen-bond donors (Lipinski definition) is 2. The van der Waals surface area contributed by atoms with Crippen molar-refractivity contribution in [3.05, 3.63) is 30.0 Å². The molecule has 0 saturated carbocycles. The highest BCUT2D eigenvalue weighted by Crippen LogP contribution is 2.29. The molecule has 0 aliphatic carbocycles. The highest BCUT2D eigenvalue weighted by Gasteiger charge is 2.15. The number of para-hydroxylation sites is 1. The van der Waals surface area contributed by atoms with E-state index in [9.17, 15) is 4.79 Å². The average Bonchev–Trinajstić information content (AvgIpc) is 3.04. The van der Waals surface area contributed by atoms with Crippen LogP contribution >= 0.6 is 0 Å². The van der Waals surface area contributed by atoms with Gasteiger partial charge in [0, 0.05) is 5.56 Å². The number of aromatic amines is 1. The Kier molecular flexibility index (Phi) is 2.45. The molecule has 0 atom stereocenters. The number of carboxylic acids is 1. The Bertz CT molecular complexity index is 759. The van der Waals surface area contributed by atoms with Crippen LogP contribution in [0, 0.1) is 0 Å². The fourth-order valence-corrected chi connectivity index (χ4v) is 1.79. The third-order valence-electron chi connectivity index (χ3n) is 2.66. The summed E-state index contributed by atoms with van der Waals surface area (Å²) in [4.78, 5) is 15.0. The van der Waals surface area contributed by atoms with Crippen LogP contribution in [-0.4, -0.2) is 33.4 Å². The Morgan fingerprint density at radius 1 is 1.47 bits per heavy atom. The van der Waals surface area contributed by atoms with E-state index >= 15 is 0 Å². The molecule has 19 heavy (non-hydrogen) atoms. The molecule has 7 nitrogen and oxygen atoms in total. The summed E-state index contributed by atoms with van der Waals surface area (Å²) in [5.74, 6) is -1.07. The Morgan fingerprint density at radius 3 is 3.00 bits per heavy atom. The van der Waals surface area contributed by atoms with E-state index in [1.807, 2.05) is 0 Å². The van der Waals surface area contributed by atoms with Gasteiger partial charge in [-0.25, -0.2) is 4.79 Å². The number of hydrogen-bond acceptors (Lipinski definition) is 5. The number of methoxy groups -OCH3 is 1. The van der Waals surface area contributed by atoms with Crippen LogP contribution in [0.3, 0.4) is 0 Å². The van der Waals surface area contributed by atoms with Crippen LogP contribution in [0.4, 0.5) is 0 Å². The lowest BCUT2D eigenvalue weighted by Gasteiger charge is -1.95. The third-order valence-corrected chi connectivity index (χ3v) is 2.66. The summed E-state index contributed by atoms with van der Waals surface area (Å²) in [5, 5.41) is 15.3. The molecule has 1 aromatic carbocycles. The van der Waals surface area contributed by atoms with Gasteiger partial charge in [0.25, 0.3) is 0 Å². The molecule has 0 spiro atoms. The molecular weight excluding hydrogens is 250 g/mol. The van der Waals surface area contributed by atoms with Gasteiger partial charge in [-0.3, -0.25) is 5.10 Å². The van der Waals surface area contributed by atoms with Gasteiger partial charge in [-0.1, -0.05) is 12.1 Å². The number of aromatic carboxylic acids is 1. The Morgan fingerprint density at radius 2 is 2.32 bits per heavy atom. The molecule has 2 heterocycles. The Balaban J connectivity index is 2.17. The molecule has 0 radical (unpaired) electrons. The minimum Gasteiger partial charge on any atom is -0.477 e. The predicted molar refractivity (Wildman–Crippen MR) is 65.1 cm³/mol. The van der Waals surface area contributed by atoms with Crippen LogP contribution < -0.4 is 4.74 Å². The van der Waals surface area contributed by atoms with Crippen molar-refractivity contribution in [2.45, 2.75) is 0 Å². The quantitative estimate of drug-likeness (QED) is 0.745. The molecule has 96 valence electrons. The lowest BCUT2D eigenvalue weighted by Crippen LogP contribution is -1.95. The van der Waals surface area contributed by atoms with E-state index in [1.165, 1.54) is 13.2 Å². The van der Waals surface area contributed by atoms with Crippen LogP contribution in [-0.2, 0) is 0 Å². The second-order valence-corrected chi connectivity index (χ2v) is 3.81. The molecule has 0 unspecified atom stereocenters. The topological polar surface area (TPSA) is 101 Å². The van der Waals surface area contributed by atoms with Gasteiger partial charge in [0.2, 0.25) is 0 Å². The van der Waals surface area contributed by atoms with Crippen molar-refractivity contribution in [1.29, 1.82) is 0 Å². The maximum absolute atomic E-state index is 10.8. The number of fused-ring (bicyclic) bond motifs is 1. The summed E-state index contributed by atoms with van der Waals surface area (Å²) in [7, 11) is 1.46. The summed E-state index contributed by atoms with van der Waals surface area (Å²) < 4.78 is 10.3. The van der Waals surface area contributed by atoms with Gasteiger partial charge in [0.05, 0.1) is 12.8 Å². The van der Waals surface area contributed by atoms with Gasteiger partial charge >= 0.3 is 12.0 Å². The highest BCUT2D eigenvalue weighted by atomic mass is 16.6. The number of nitrogens with one attached hydrogen (secondary N) is 1. The van der Waals surface area contributed by atoms with Crippen LogP contribution in [0.15, 0.2) is 28.7 Å². The van der Waals surface area contributed by atoms with E-state index in [2.05, 4.69) is 15.2 Å². The summed E-state index contributed by atoms with van der Waals surface area (Å²) in [6.45, 7) is 0. The van der Waals surface area contributed by atoms with E-state index in [-0.39, 0.29) is 11.8 Å². The monoisotopic (exact) mass is 259 g/mol. The van der Waals surface area contributed by atoms with Crippen LogP contribution in [0.2, 0.25) is 0 Å². The molecule has 0 saturated heterocycles. The van der Waals surface area contributed by atoms with E-state index in [0.717, 1.165) is 0 Å². The zero-order chi connectivity index (χ0) is 13.4. The van der Waals surface area contributed by atoms with Crippen molar-refractivity contribution in [1.82, 2.24) is 15.2 Å². The van der Waals surface area contributed by atoms with Gasteiger partial charge in [0.1, 0.15) is 11.2 Å². The van der Waals surface area contributed by atoms with Crippen LogP contribution in [0.5, 0.6) is 6.08 Å². The van der Waals surface area contributed by atoms with Gasteiger partial charge in [-0.15, -0.1) is 0 Å². The fraction of sp³-hybridized carbons (Fsp3) is 0.0833. The first kappa shape index (κ1) is 11.3. The molecule has 0 aliphatic rings. The zero-order valence-electron chi connectivity index (χ0n) is 9.88. The minimum absolute atomic E-state index is 0.0162. The molecule has 0 amide bonds. The van der Waals surface area contributed by atoms with E-state index in [4.69, 9.17) is 14.3 Å². The lowest BCUT2D eigenvalue weighted by atomic mass is 10.1. The maximum Gasteiger partial charge on any atom is 0.394 e. The van der Waals surface area contributed by atoms with Crippen molar-refractivity contribution in [3.8, 4) is 17.3 Å². The molecule has 3 aromatic rings. The van der Waals surface area contributed by atoms with Crippen LogP contribution in [0.1, 0.15) is 10.5 Å². The van der Waals surface area contributed by atoms with E-state index < -0.39 is 5.97 Å². The first-order valence-electron chi connectivity index (χ1n) is 5.41. The van der Waals surface area contributed by atoms with E-state index in [1.54, 1.807) is 18.2 Å². The normalized spacial score (nSPS) is 10.8. The second kappa shape index (κ2) is 4.13. The molecule has 0 aliphatic heterocycles. The van der Waals surface area contributed by atoms with Gasteiger partial charge in [-0.05, 0) is 12.1 Å². The summed E-state index contributed by atoms with van der Waals surface area (Å²) >= 11 is 0. The fourth-order valence-electron chi connectivity index (χ4n) is 1.79. The average molecular weight is 259 g/mol. The van der Waals surface area contributed by atoms with E-state index in [0.29, 0.717) is 22.4 Å². The summed E-state index contributed by atoms with van der Waals surface area (Å²) in [6.07, 6.45) is 0.149. The molecule has 2 aromatic heterocycles. The van der Waals surface area contributed by atoms with Gasteiger partial charge in [-0.2, -0.15) is 10.1 Å². The number of oxazole rings is 1. The van der Waals surface area contributed by atoms with Crippen molar-refractivity contribution in [2.24, 2.45) is 0 Å². The number of rotatable bonds is 3. The first-order valence-corrected chi connectivity index (χ1v) is 5.41. The summed E-state index contributed by atoms with van der Waals surface area (Å²) in [6, 6.07) is 6.75. The number of ether oxygens (including phenoxy) is 1. The molecule has 0 bridgehead atoms. The Hall–Kier alpha value is -2.83. The predicted octanol–water partition coefficient (Wildman–Crippen LogP) is 1.92. The zero-order valence-corrected chi connectivity index (χ0v) is 9.88. The third kappa shape index (κ3) is 1.81. The molecular formula is C12H9N3O4. The number of H-pyrrole nitrogens is 1. The minimum atomic E-state index is -1.07. The van der Waals surface area contributed by atoms with Crippen molar-refractivity contribution in [2.75, 3.05) is 7.11 Å². The van der Waals surface area contributed by atoms with Crippen LogP contribution in [0.25, 0.3) is 22.4 Å². The number of aromatic nitrogens is 3. The van der Waals surface area contributed by atoms with Crippen molar-refractivity contribution >= 4 is 17.1 Å². The van der Waals surface area contributed by atoms with Gasteiger partial charge in [0.15, 0.2) is 5.58 Å². The highest BCUT2D eigenvalue weighted by molar-refractivity contribution is 5.92. The smallest absolute Gasteiger partial charge is 0.394 e. The lowest BCUT2D eigenvalue weighted by molar-refractivity contribution is 0.0690. The molecule has 2 N–H and O–H groups in total. The van der Waals surface area contributed by atoms with Crippen molar-refractivity contribution < 1.29 is 19.1 Å². The number of nitrogens with zero attached hydrogens (tertiary/aromatic N) is 2. The Labute approximate surface area is 106 Å². The molecule has 3 rings (SSSR count). The standard InChI is InChI=1S/C12H9N3O4/c1-18-12-13-10-6(3-2-4-9(10)19-12)7-5-8(11(16)17)15-14-7/h2-5H,1H3,(H,14,15)(H,16,17). The number of benzene rings is 1. The second-order valence-electron chi connectivity index (χ2n) is 3.81.